The van der Waals surface area contributed by atoms with Crippen molar-refractivity contribution in [3.63, 3.8) is 0 Å². The number of nitrogens with zero attached hydrogens (tertiary/aromatic N) is 2. The molecule has 0 amide bonds. The second-order valence-electron chi connectivity index (χ2n) is 4.66. The third-order valence-corrected chi connectivity index (χ3v) is 3.33. The number of carbonyl (C=O) groups is 1. The maximum Gasteiger partial charge on any atom is 0.134 e. The van der Waals surface area contributed by atoms with Crippen molar-refractivity contribution in [2.45, 2.75) is 31.8 Å². The number of hydrogen-bond acceptors (Lipinski definition) is 3. The summed E-state index contributed by atoms with van der Waals surface area (Å²) in [6.07, 6.45) is 2.36. The molecule has 0 spiro atoms. The molecule has 1 aromatic carbocycles. The molecule has 0 N–H and O–H groups in total. The van der Waals surface area contributed by atoms with Crippen molar-refractivity contribution in [1.29, 1.82) is 5.26 Å². The van der Waals surface area contributed by atoms with E-state index in [0.717, 1.165) is 18.5 Å². The van der Waals surface area contributed by atoms with Crippen LogP contribution in [0.2, 0.25) is 0 Å². The van der Waals surface area contributed by atoms with Crippen molar-refractivity contribution in [2.24, 2.45) is 0 Å². The molecule has 0 heterocycles. The van der Waals surface area contributed by atoms with Gasteiger partial charge in [-0.15, -0.1) is 0 Å². The van der Waals surface area contributed by atoms with E-state index in [2.05, 4.69) is 11.0 Å². The Bertz CT molecular complexity index is 462. The standard InChI is InChI=1S/C14H16N2O/c1-16(13-5-6-14(17)8-13)10-12-4-2-3-11(7-12)9-15/h2-4,7,13H,5-6,8,10H2,1H3. The van der Waals surface area contributed by atoms with E-state index < -0.39 is 0 Å². The molecule has 0 radical (unpaired) electrons. The summed E-state index contributed by atoms with van der Waals surface area (Å²) in [6, 6.07) is 10.2. The zero-order valence-electron chi connectivity index (χ0n) is 10.0. The molecule has 1 unspecified atom stereocenters. The second-order valence-corrected chi connectivity index (χ2v) is 4.66. The number of carbonyl (C=O) groups excluding carboxylic acids is 1. The molecule has 2 rings (SSSR count). The first-order valence-electron chi connectivity index (χ1n) is 5.90. The van der Waals surface area contributed by atoms with Gasteiger partial charge in [-0.1, -0.05) is 12.1 Å². The lowest BCUT2D eigenvalue weighted by molar-refractivity contribution is -0.117. The fourth-order valence-electron chi connectivity index (χ4n) is 2.33. The zero-order valence-corrected chi connectivity index (χ0v) is 10.0. The number of benzene rings is 1. The fourth-order valence-corrected chi connectivity index (χ4v) is 2.33. The fraction of sp³-hybridized carbons (Fsp3) is 0.429. The van der Waals surface area contributed by atoms with E-state index in [0.29, 0.717) is 30.2 Å². The molecule has 88 valence electrons. The molecular formula is C14H16N2O. The minimum Gasteiger partial charge on any atom is -0.300 e. The van der Waals surface area contributed by atoms with Gasteiger partial charge in [0.05, 0.1) is 11.6 Å². The summed E-state index contributed by atoms with van der Waals surface area (Å²) < 4.78 is 0. The van der Waals surface area contributed by atoms with Gasteiger partial charge in [0.15, 0.2) is 0 Å². The Kier molecular flexibility index (Phi) is 3.55. The average Bonchev–Trinajstić information content (AvgIpc) is 2.76. The lowest BCUT2D eigenvalue weighted by atomic mass is 10.1. The molecule has 17 heavy (non-hydrogen) atoms. The first-order valence-corrected chi connectivity index (χ1v) is 5.90. The number of hydrogen-bond donors (Lipinski definition) is 0. The number of Topliss-reactive ketones (excluding diaryl/α,β-unsaturated/α-hetero) is 1. The van der Waals surface area contributed by atoms with Crippen molar-refractivity contribution in [3.05, 3.63) is 35.4 Å². The predicted molar refractivity (Wildman–Crippen MR) is 65.3 cm³/mol. The summed E-state index contributed by atoms with van der Waals surface area (Å²) >= 11 is 0. The summed E-state index contributed by atoms with van der Waals surface area (Å²) in [6.45, 7) is 0.799. The number of rotatable bonds is 3. The van der Waals surface area contributed by atoms with Gasteiger partial charge in [0.2, 0.25) is 0 Å². The van der Waals surface area contributed by atoms with Gasteiger partial charge >= 0.3 is 0 Å². The third-order valence-electron chi connectivity index (χ3n) is 3.33. The lowest BCUT2D eigenvalue weighted by Gasteiger charge is -2.23. The molecule has 1 aliphatic rings. The molecule has 1 aromatic rings. The van der Waals surface area contributed by atoms with E-state index in [1.807, 2.05) is 31.3 Å². The molecule has 0 saturated heterocycles. The average molecular weight is 228 g/mol. The van der Waals surface area contributed by atoms with E-state index in [-0.39, 0.29) is 0 Å². The smallest absolute Gasteiger partial charge is 0.134 e. The molecular weight excluding hydrogens is 212 g/mol. The van der Waals surface area contributed by atoms with Gasteiger partial charge in [0.1, 0.15) is 5.78 Å². The highest BCUT2D eigenvalue weighted by Gasteiger charge is 2.25. The molecule has 0 aromatic heterocycles. The van der Waals surface area contributed by atoms with E-state index in [9.17, 15) is 4.79 Å². The molecule has 0 aliphatic heterocycles. The van der Waals surface area contributed by atoms with Gasteiger partial charge in [-0.3, -0.25) is 9.69 Å². The van der Waals surface area contributed by atoms with Gasteiger partial charge in [-0.05, 0) is 31.2 Å². The Morgan fingerprint density at radius 1 is 1.53 bits per heavy atom. The van der Waals surface area contributed by atoms with Crippen LogP contribution < -0.4 is 0 Å². The molecule has 1 fully saturated rings. The van der Waals surface area contributed by atoms with E-state index in [1.54, 1.807) is 0 Å². The number of nitriles is 1. The largest absolute Gasteiger partial charge is 0.300 e. The molecule has 3 heteroatoms. The van der Waals surface area contributed by atoms with E-state index >= 15 is 0 Å². The molecule has 0 bridgehead atoms. The van der Waals surface area contributed by atoms with Crippen LogP contribution in [0.4, 0.5) is 0 Å². The first-order chi connectivity index (χ1) is 8.19. The molecule has 1 saturated carbocycles. The monoisotopic (exact) mass is 228 g/mol. The highest BCUT2D eigenvalue weighted by atomic mass is 16.1. The Hall–Kier alpha value is -1.66. The Labute approximate surface area is 102 Å². The van der Waals surface area contributed by atoms with Crippen LogP contribution in [0.3, 0.4) is 0 Å². The zero-order chi connectivity index (χ0) is 12.3. The van der Waals surface area contributed by atoms with Crippen LogP contribution in [-0.2, 0) is 11.3 Å². The van der Waals surface area contributed by atoms with Crippen molar-refractivity contribution in [3.8, 4) is 6.07 Å². The third kappa shape index (κ3) is 2.92. The van der Waals surface area contributed by atoms with Crippen LogP contribution in [0.15, 0.2) is 24.3 Å². The maximum atomic E-state index is 11.2. The Balaban J connectivity index is 2.00. The normalized spacial score (nSPS) is 19.6. The quantitative estimate of drug-likeness (QED) is 0.796. The molecule has 3 nitrogen and oxygen atoms in total. The topological polar surface area (TPSA) is 44.1 Å². The van der Waals surface area contributed by atoms with Gasteiger partial charge in [-0.25, -0.2) is 0 Å². The SMILES string of the molecule is CN(Cc1cccc(C#N)c1)C1CCC(=O)C1. The maximum absolute atomic E-state index is 11.2. The summed E-state index contributed by atoms with van der Waals surface area (Å²) in [5.41, 5.74) is 1.82. The van der Waals surface area contributed by atoms with Crippen LogP contribution in [0.1, 0.15) is 30.4 Å². The second kappa shape index (κ2) is 5.11. The van der Waals surface area contributed by atoms with Crippen LogP contribution in [0.5, 0.6) is 0 Å². The molecule has 1 aliphatic carbocycles. The van der Waals surface area contributed by atoms with Crippen LogP contribution in [-0.4, -0.2) is 23.8 Å². The highest BCUT2D eigenvalue weighted by Crippen LogP contribution is 2.21. The van der Waals surface area contributed by atoms with Gasteiger partial charge in [0.25, 0.3) is 0 Å². The minimum atomic E-state index is 0.368. The first kappa shape index (κ1) is 11.8. The van der Waals surface area contributed by atoms with E-state index in [1.165, 1.54) is 0 Å². The number of ketones is 1. The summed E-state index contributed by atoms with van der Waals surface area (Å²) in [5.74, 6) is 0.368. The summed E-state index contributed by atoms with van der Waals surface area (Å²) in [5, 5.41) is 8.83. The van der Waals surface area contributed by atoms with Crippen molar-refractivity contribution >= 4 is 5.78 Å². The predicted octanol–water partition coefficient (Wildman–Crippen LogP) is 2.11. The van der Waals surface area contributed by atoms with Gasteiger partial charge in [-0.2, -0.15) is 5.26 Å². The Morgan fingerprint density at radius 2 is 2.35 bits per heavy atom. The van der Waals surface area contributed by atoms with Crippen molar-refractivity contribution in [2.75, 3.05) is 7.05 Å². The van der Waals surface area contributed by atoms with Gasteiger partial charge in [0, 0.05) is 25.4 Å². The van der Waals surface area contributed by atoms with Crippen LogP contribution in [0.25, 0.3) is 0 Å². The Morgan fingerprint density at radius 3 is 3.00 bits per heavy atom. The van der Waals surface area contributed by atoms with Crippen LogP contribution >= 0.6 is 0 Å². The van der Waals surface area contributed by atoms with Gasteiger partial charge < -0.3 is 0 Å². The van der Waals surface area contributed by atoms with Crippen LogP contribution in [0, 0.1) is 11.3 Å². The minimum absolute atomic E-state index is 0.368. The van der Waals surface area contributed by atoms with E-state index in [4.69, 9.17) is 5.26 Å². The van der Waals surface area contributed by atoms with Crippen molar-refractivity contribution in [1.82, 2.24) is 4.90 Å². The van der Waals surface area contributed by atoms with Crippen molar-refractivity contribution < 1.29 is 4.79 Å². The summed E-state index contributed by atoms with van der Waals surface area (Å²) in [4.78, 5) is 13.5. The highest BCUT2D eigenvalue weighted by molar-refractivity contribution is 5.81. The summed E-state index contributed by atoms with van der Waals surface area (Å²) in [7, 11) is 2.04. The lowest BCUT2D eigenvalue weighted by Crippen LogP contribution is -2.29. The molecule has 1 atom stereocenters.